The molecule has 0 amide bonds. The van der Waals surface area contributed by atoms with Gasteiger partial charge in [-0.2, -0.15) is 5.10 Å². The number of aromatic amines is 1. The average molecular weight is 223 g/mol. The first-order valence-corrected chi connectivity index (χ1v) is 4.42. The number of aromatic nitrogens is 2. The zero-order chi connectivity index (χ0) is 11.5. The van der Waals surface area contributed by atoms with E-state index in [0.29, 0.717) is 5.82 Å². The number of nitrogens with zero attached hydrogens (tertiary/aromatic N) is 1. The first-order valence-electron chi connectivity index (χ1n) is 4.42. The maximum atomic E-state index is 12.8. The van der Waals surface area contributed by atoms with Gasteiger partial charge in [-0.25, -0.2) is 13.9 Å². The molecule has 0 atom stereocenters. The molecule has 0 saturated heterocycles. The summed E-state index contributed by atoms with van der Waals surface area (Å²) in [6, 6.07) is 5.67. The Morgan fingerprint density at radius 1 is 1.12 bits per heavy atom. The summed E-state index contributed by atoms with van der Waals surface area (Å²) in [6.45, 7) is 0. The molecule has 0 bridgehead atoms. The van der Waals surface area contributed by atoms with E-state index in [0.717, 1.165) is 18.2 Å². The van der Waals surface area contributed by atoms with Gasteiger partial charge in [0.15, 0.2) is 5.82 Å². The van der Waals surface area contributed by atoms with Crippen LogP contribution in [0.5, 0.6) is 0 Å². The molecular formula is C10H7F2N3O. The van der Waals surface area contributed by atoms with Crippen molar-refractivity contribution in [1.82, 2.24) is 10.2 Å². The second-order valence-corrected chi connectivity index (χ2v) is 3.09. The standard InChI is InChI=1S/C10H7F2N3O/c11-6-3-7(12)5-8(4-6)13-9-1-2-10(16)15-14-9/h1-5H,(H,13,14)(H,15,16). The van der Waals surface area contributed by atoms with E-state index in [2.05, 4.69) is 15.5 Å². The quantitative estimate of drug-likeness (QED) is 0.816. The van der Waals surface area contributed by atoms with Gasteiger partial charge in [0.25, 0.3) is 5.56 Å². The summed E-state index contributed by atoms with van der Waals surface area (Å²) >= 11 is 0. The van der Waals surface area contributed by atoms with E-state index in [4.69, 9.17) is 0 Å². The first-order chi connectivity index (χ1) is 7.63. The van der Waals surface area contributed by atoms with Crippen molar-refractivity contribution in [3.05, 3.63) is 52.3 Å². The van der Waals surface area contributed by atoms with Gasteiger partial charge in [0, 0.05) is 17.8 Å². The van der Waals surface area contributed by atoms with Crippen LogP contribution in [0.1, 0.15) is 0 Å². The third-order valence-electron chi connectivity index (χ3n) is 1.81. The monoisotopic (exact) mass is 223 g/mol. The molecule has 82 valence electrons. The average Bonchev–Trinajstić information content (AvgIpc) is 2.20. The highest BCUT2D eigenvalue weighted by molar-refractivity contribution is 5.55. The van der Waals surface area contributed by atoms with Gasteiger partial charge < -0.3 is 5.32 Å². The Morgan fingerprint density at radius 3 is 2.38 bits per heavy atom. The topological polar surface area (TPSA) is 57.8 Å². The Labute approximate surface area is 88.9 Å². The molecule has 0 fully saturated rings. The number of H-pyrrole nitrogens is 1. The predicted octanol–water partition coefficient (Wildman–Crippen LogP) is 1.79. The van der Waals surface area contributed by atoms with Crippen molar-refractivity contribution >= 4 is 11.5 Å². The van der Waals surface area contributed by atoms with Gasteiger partial charge in [0.2, 0.25) is 0 Å². The van der Waals surface area contributed by atoms with Crippen LogP contribution in [0, 0.1) is 11.6 Å². The van der Waals surface area contributed by atoms with Crippen LogP contribution < -0.4 is 10.9 Å². The second kappa shape index (κ2) is 4.09. The summed E-state index contributed by atoms with van der Waals surface area (Å²) in [7, 11) is 0. The maximum Gasteiger partial charge on any atom is 0.264 e. The van der Waals surface area contributed by atoms with Gasteiger partial charge in [-0.1, -0.05) is 0 Å². The molecule has 0 unspecified atom stereocenters. The summed E-state index contributed by atoms with van der Waals surface area (Å²) in [5, 5.41) is 8.48. The molecular weight excluding hydrogens is 216 g/mol. The van der Waals surface area contributed by atoms with Gasteiger partial charge in [-0.3, -0.25) is 4.79 Å². The lowest BCUT2D eigenvalue weighted by Gasteiger charge is -2.04. The van der Waals surface area contributed by atoms with E-state index in [-0.39, 0.29) is 11.2 Å². The number of rotatable bonds is 2. The number of benzene rings is 1. The molecule has 2 rings (SSSR count). The van der Waals surface area contributed by atoms with Gasteiger partial charge in [-0.05, 0) is 18.2 Å². The first kappa shape index (κ1) is 10.3. The van der Waals surface area contributed by atoms with E-state index in [1.165, 1.54) is 12.1 Å². The summed E-state index contributed by atoms with van der Waals surface area (Å²) in [4.78, 5) is 10.7. The molecule has 16 heavy (non-hydrogen) atoms. The van der Waals surface area contributed by atoms with E-state index < -0.39 is 11.6 Å². The summed E-state index contributed by atoms with van der Waals surface area (Å²) < 4.78 is 25.7. The van der Waals surface area contributed by atoms with Crippen LogP contribution in [0.25, 0.3) is 0 Å². The summed E-state index contributed by atoms with van der Waals surface area (Å²) in [5.41, 5.74) is -0.131. The fraction of sp³-hybridized carbons (Fsp3) is 0. The minimum Gasteiger partial charge on any atom is -0.339 e. The van der Waals surface area contributed by atoms with Crippen molar-refractivity contribution in [1.29, 1.82) is 0 Å². The molecule has 1 aromatic carbocycles. The van der Waals surface area contributed by atoms with Crippen LogP contribution in [-0.2, 0) is 0 Å². The molecule has 1 aromatic heterocycles. The fourth-order valence-corrected chi connectivity index (χ4v) is 1.19. The van der Waals surface area contributed by atoms with Crippen LogP contribution in [-0.4, -0.2) is 10.2 Å². The zero-order valence-corrected chi connectivity index (χ0v) is 8.00. The number of anilines is 2. The highest BCUT2D eigenvalue weighted by Crippen LogP contribution is 2.16. The Morgan fingerprint density at radius 2 is 1.81 bits per heavy atom. The molecule has 0 saturated carbocycles. The lowest BCUT2D eigenvalue weighted by atomic mass is 10.3. The van der Waals surface area contributed by atoms with Crippen molar-refractivity contribution in [2.75, 3.05) is 5.32 Å². The van der Waals surface area contributed by atoms with E-state index >= 15 is 0 Å². The van der Waals surface area contributed by atoms with Crippen molar-refractivity contribution < 1.29 is 8.78 Å². The maximum absolute atomic E-state index is 12.8. The normalized spacial score (nSPS) is 10.1. The summed E-state index contributed by atoms with van der Waals surface area (Å²) in [6.07, 6.45) is 0. The van der Waals surface area contributed by atoms with Crippen LogP contribution >= 0.6 is 0 Å². The number of hydrogen-bond donors (Lipinski definition) is 2. The lowest BCUT2D eigenvalue weighted by Crippen LogP contribution is -2.07. The SMILES string of the molecule is O=c1ccc(Nc2cc(F)cc(F)c2)n[nH]1. The molecule has 0 aliphatic rings. The third kappa shape index (κ3) is 2.41. The molecule has 0 aliphatic carbocycles. The van der Waals surface area contributed by atoms with Crippen molar-refractivity contribution in [3.63, 3.8) is 0 Å². The highest BCUT2D eigenvalue weighted by Gasteiger charge is 2.01. The minimum atomic E-state index is -0.688. The Bertz CT molecular complexity index is 527. The zero-order valence-electron chi connectivity index (χ0n) is 8.00. The molecule has 2 N–H and O–H groups in total. The number of nitrogens with one attached hydrogen (secondary N) is 2. The minimum absolute atomic E-state index is 0.219. The van der Waals surface area contributed by atoms with Gasteiger partial charge in [-0.15, -0.1) is 0 Å². The fourth-order valence-electron chi connectivity index (χ4n) is 1.19. The van der Waals surface area contributed by atoms with Crippen molar-refractivity contribution in [2.45, 2.75) is 0 Å². The Kier molecular flexibility index (Phi) is 2.63. The molecule has 0 radical (unpaired) electrons. The predicted molar refractivity (Wildman–Crippen MR) is 54.5 cm³/mol. The van der Waals surface area contributed by atoms with Crippen molar-refractivity contribution in [2.24, 2.45) is 0 Å². The smallest absolute Gasteiger partial charge is 0.264 e. The van der Waals surface area contributed by atoms with Crippen LogP contribution in [0.3, 0.4) is 0 Å². The van der Waals surface area contributed by atoms with Crippen LogP contribution in [0.2, 0.25) is 0 Å². The Balaban J connectivity index is 2.26. The highest BCUT2D eigenvalue weighted by atomic mass is 19.1. The molecule has 4 nitrogen and oxygen atoms in total. The molecule has 2 aromatic rings. The molecule has 0 spiro atoms. The molecule has 1 heterocycles. The van der Waals surface area contributed by atoms with Crippen molar-refractivity contribution in [3.8, 4) is 0 Å². The summed E-state index contributed by atoms with van der Waals surface area (Å²) in [5.74, 6) is -1.08. The third-order valence-corrected chi connectivity index (χ3v) is 1.81. The van der Waals surface area contributed by atoms with E-state index in [1.54, 1.807) is 0 Å². The van der Waals surface area contributed by atoms with E-state index in [1.807, 2.05) is 0 Å². The molecule has 6 heteroatoms. The van der Waals surface area contributed by atoms with Crippen LogP contribution in [0.4, 0.5) is 20.3 Å². The number of hydrogen-bond acceptors (Lipinski definition) is 3. The molecule has 0 aliphatic heterocycles. The van der Waals surface area contributed by atoms with Gasteiger partial charge >= 0.3 is 0 Å². The second-order valence-electron chi connectivity index (χ2n) is 3.09. The van der Waals surface area contributed by atoms with Crippen LogP contribution in [0.15, 0.2) is 35.1 Å². The lowest BCUT2D eigenvalue weighted by molar-refractivity contribution is 0.584. The number of halogens is 2. The Hall–Kier alpha value is -2.24. The van der Waals surface area contributed by atoms with Gasteiger partial charge in [0.05, 0.1) is 0 Å². The van der Waals surface area contributed by atoms with E-state index in [9.17, 15) is 13.6 Å². The van der Waals surface area contributed by atoms with Gasteiger partial charge in [0.1, 0.15) is 11.6 Å². The largest absolute Gasteiger partial charge is 0.339 e.